The third-order valence-electron chi connectivity index (χ3n) is 4.17. The van der Waals surface area contributed by atoms with Crippen LogP contribution in [0.3, 0.4) is 0 Å². The number of aromatic nitrogens is 2. The van der Waals surface area contributed by atoms with Crippen LogP contribution in [0, 0.1) is 24.0 Å². The molecule has 0 aliphatic heterocycles. The first kappa shape index (κ1) is 18.6. The molecule has 0 aliphatic rings. The lowest BCUT2D eigenvalue weighted by Gasteiger charge is -2.10. The van der Waals surface area contributed by atoms with Gasteiger partial charge in [-0.15, -0.1) is 0 Å². The summed E-state index contributed by atoms with van der Waals surface area (Å²) >= 11 is 0. The van der Waals surface area contributed by atoms with Crippen molar-refractivity contribution in [1.82, 2.24) is 9.97 Å². The number of allylic oxidation sites excluding steroid dienone is 1. The number of rotatable bonds is 6. The number of nitrogens with zero attached hydrogens (tertiary/aromatic N) is 2. The van der Waals surface area contributed by atoms with Crippen LogP contribution in [0.25, 0.3) is 28.5 Å². The molecule has 136 valence electrons. The van der Waals surface area contributed by atoms with E-state index in [0.29, 0.717) is 29.7 Å². The van der Waals surface area contributed by atoms with E-state index < -0.39 is 5.82 Å². The standard InChI is InChI=1S/C22H19F2N3/c1-15-12-16(8-9-19(15)23)22-18(6-5-11-26-22)17-13-20(24)21(27-14-17)7-3-2-4-10-25/h3,5-14,25H,2,4H2,1H3/b7-3-,25-10?. The summed E-state index contributed by atoms with van der Waals surface area (Å²) in [7, 11) is 0. The fourth-order valence-electron chi connectivity index (χ4n) is 2.75. The van der Waals surface area contributed by atoms with Gasteiger partial charge in [0.1, 0.15) is 11.6 Å². The number of aryl methyl sites for hydroxylation is 1. The van der Waals surface area contributed by atoms with Crippen molar-refractivity contribution >= 4 is 12.3 Å². The molecule has 1 N–H and O–H groups in total. The van der Waals surface area contributed by atoms with Crippen molar-refractivity contribution in [2.75, 3.05) is 0 Å². The highest BCUT2D eigenvalue weighted by Crippen LogP contribution is 2.31. The maximum Gasteiger partial charge on any atom is 0.149 e. The zero-order valence-electron chi connectivity index (χ0n) is 14.9. The van der Waals surface area contributed by atoms with Gasteiger partial charge in [-0.1, -0.05) is 12.1 Å². The van der Waals surface area contributed by atoms with Gasteiger partial charge in [0.15, 0.2) is 0 Å². The molecular formula is C22H19F2N3. The largest absolute Gasteiger partial charge is 0.313 e. The smallest absolute Gasteiger partial charge is 0.149 e. The maximum absolute atomic E-state index is 14.5. The van der Waals surface area contributed by atoms with Crippen LogP contribution in [0.5, 0.6) is 0 Å². The average molecular weight is 363 g/mol. The van der Waals surface area contributed by atoms with Crippen LogP contribution in [0.15, 0.2) is 54.9 Å². The summed E-state index contributed by atoms with van der Waals surface area (Å²) in [5, 5.41) is 6.99. The molecule has 3 rings (SSSR count). The number of benzene rings is 1. The molecule has 1 aromatic carbocycles. The van der Waals surface area contributed by atoms with Gasteiger partial charge in [-0.25, -0.2) is 8.78 Å². The molecule has 3 nitrogen and oxygen atoms in total. The van der Waals surface area contributed by atoms with Crippen LogP contribution in [0.1, 0.15) is 24.1 Å². The van der Waals surface area contributed by atoms with Crippen LogP contribution >= 0.6 is 0 Å². The Morgan fingerprint density at radius 3 is 2.59 bits per heavy atom. The molecule has 0 atom stereocenters. The molecule has 0 saturated heterocycles. The van der Waals surface area contributed by atoms with E-state index in [-0.39, 0.29) is 11.5 Å². The molecule has 0 unspecified atom stereocenters. The average Bonchev–Trinajstić information content (AvgIpc) is 2.68. The zero-order valence-corrected chi connectivity index (χ0v) is 14.9. The van der Waals surface area contributed by atoms with Crippen LogP contribution < -0.4 is 0 Å². The monoisotopic (exact) mass is 363 g/mol. The summed E-state index contributed by atoms with van der Waals surface area (Å²) < 4.78 is 28.1. The Kier molecular flexibility index (Phi) is 5.81. The minimum Gasteiger partial charge on any atom is -0.313 e. The molecule has 0 amide bonds. The molecule has 0 spiro atoms. The maximum atomic E-state index is 14.5. The summed E-state index contributed by atoms with van der Waals surface area (Å²) in [6, 6.07) is 9.85. The van der Waals surface area contributed by atoms with E-state index in [1.165, 1.54) is 18.3 Å². The van der Waals surface area contributed by atoms with Gasteiger partial charge in [-0.3, -0.25) is 9.97 Å². The number of hydrogen-bond acceptors (Lipinski definition) is 3. The van der Waals surface area contributed by atoms with Crippen molar-refractivity contribution in [3.63, 3.8) is 0 Å². The van der Waals surface area contributed by atoms with Gasteiger partial charge in [-0.05, 0) is 68.0 Å². The fraction of sp³-hybridized carbons (Fsp3) is 0.136. The minimum absolute atomic E-state index is 0.256. The van der Waals surface area contributed by atoms with Gasteiger partial charge < -0.3 is 5.41 Å². The minimum atomic E-state index is -0.427. The SMILES string of the molecule is Cc1cc(-c2ncccc2-c2cnc(/C=C\CCC=N)c(F)c2)ccc1F. The third-order valence-corrected chi connectivity index (χ3v) is 4.17. The summed E-state index contributed by atoms with van der Waals surface area (Å²) in [5.41, 5.74) is 3.53. The van der Waals surface area contributed by atoms with Crippen LogP contribution in [-0.2, 0) is 0 Å². The molecule has 27 heavy (non-hydrogen) atoms. The number of pyridine rings is 2. The molecule has 0 fully saturated rings. The van der Waals surface area contributed by atoms with Crippen molar-refractivity contribution in [2.24, 2.45) is 0 Å². The lowest BCUT2D eigenvalue weighted by molar-refractivity contribution is 0.618. The van der Waals surface area contributed by atoms with Crippen molar-refractivity contribution in [3.05, 3.63) is 77.8 Å². The van der Waals surface area contributed by atoms with E-state index in [0.717, 1.165) is 11.1 Å². The van der Waals surface area contributed by atoms with E-state index in [1.54, 1.807) is 49.7 Å². The quantitative estimate of drug-likeness (QED) is 0.442. The Labute approximate surface area is 157 Å². The second-order valence-electron chi connectivity index (χ2n) is 6.14. The van der Waals surface area contributed by atoms with E-state index in [2.05, 4.69) is 9.97 Å². The van der Waals surface area contributed by atoms with Crippen LogP contribution in [0.2, 0.25) is 0 Å². The summed E-state index contributed by atoms with van der Waals surface area (Å²) in [6.07, 6.45) is 9.29. The lowest BCUT2D eigenvalue weighted by atomic mass is 9.99. The van der Waals surface area contributed by atoms with Crippen molar-refractivity contribution in [3.8, 4) is 22.4 Å². The van der Waals surface area contributed by atoms with Gasteiger partial charge in [0.05, 0.1) is 11.4 Å². The van der Waals surface area contributed by atoms with Gasteiger partial charge >= 0.3 is 0 Å². The van der Waals surface area contributed by atoms with E-state index in [4.69, 9.17) is 5.41 Å². The van der Waals surface area contributed by atoms with E-state index in [9.17, 15) is 8.78 Å². The van der Waals surface area contributed by atoms with Crippen molar-refractivity contribution in [1.29, 1.82) is 5.41 Å². The molecule has 0 saturated carbocycles. The second kappa shape index (κ2) is 8.45. The lowest BCUT2D eigenvalue weighted by Crippen LogP contribution is -1.94. The number of hydrogen-bond donors (Lipinski definition) is 1. The zero-order chi connectivity index (χ0) is 19.2. The van der Waals surface area contributed by atoms with Crippen LogP contribution in [-0.4, -0.2) is 16.2 Å². The predicted octanol–water partition coefficient (Wildman–Crippen LogP) is 5.84. The molecule has 0 aliphatic carbocycles. The second-order valence-corrected chi connectivity index (χ2v) is 6.14. The first-order valence-corrected chi connectivity index (χ1v) is 8.63. The Morgan fingerprint density at radius 2 is 1.85 bits per heavy atom. The molecule has 2 aromatic heterocycles. The first-order chi connectivity index (χ1) is 13.1. The van der Waals surface area contributed by atoms with Crippen LogP contribution in [0.4, 0.5) is 8.78 Å². The van der Waals surface area contributed by atoms with Gasteiger partial charge in [0, 0.05) is 29.1 Å². The summed E-state index contributed by atoms with van der Waals surface area (Å²) in [6.45, 7) is 1.70. The summed E-state index contributed by atoms with van der Waals surface area (Å²) in [5.74, 6) is -0.702. The molecule has 5 heteroatoms. The molecular weight excluding hydrogens is 344 g/mol. The Bertz CT molecular complexity index is 997. The Balaban J connectivity index is 1.97. The third kappa shape index (κ3) is 4.31. The highest BCUT2D eigenvalue weighted by molar-refractivity contribution is 5.80. The molecule has 0 bridgehead atoms. The Morgan fingerprint density at radius 1 is 1.00 bits per heavy atom. The molecule has 2 heterocycles. The van der Waals surface area contributed by atoms with E-state index >= 15 is 0 Å². The number of halogens is 2. The summed E-state index contributed by atoms with van der Waals surface area (Å²) in [4.78, 5) is 8.62. The highest BCUT2D eigenvalue weighted by atomic mass is 19.1. The van der Waals surface area contributed by atoms with E-state index in [1.807, 2.05) is 6.07 Å². The number of unbranched alkanes of at least 4 members (excludes halogenated alkanes) is 1. The van der Waals surface area contributed by atoms with Gasteiger partial charge in [0.2, 0.25) is 0 Å². The normalized spacial score (nSPS) is 11.1. The topological polar surface area (TPSA) is 49.6 Å². The highest BCUT2D eigenvalue weighted by Gasteiger charge is 2.12. The number of nitrogens with one attached hydrogen (secondary N) is 1. The molecule has 3 aromatic rings. The Hall–Kier alpha value is -3.21. The van der Waals surface area contributed by atoms with Gasteiger partial charge in [-0.2, -0.15) is 0 Å². The predicted molar refractivity (Wildman–Crippen MR) is 105 cm³/mol. The molecule has 0 radical (unpaired) electrons. The van der Waals surface area contributed by atoms with Gasteiger partial charge in [0.25, 0.3) is 0 Å². The van der Waals surface area contributed by atoms with Crippen molar-refractivity contribution in [2.45, 2.75) is 19.8 Å². The first-order valence-electron chi connectivity index (χ1n) is 8.63. The van der Waals surface area contributed by atoms with Crippen molar-refractivity contribution < 1.29 is 8.78 Å². The fourth-order valence-corrected chi connectivity index (χ4v) is 2.75.